The number of carbonyl (C=O) groups excluding carboxylic acids is 2. The van der Waals surface area contributed by atoms with E-state index in [0.29, 0.717) is 47.0 Å². The van der Waals surface area contributed by atoms with Crippen molar-refractivity contribution in [3.8, 4) is 23.0 Å². The topological polar surface area (TPSA) is 125 Å². The van der Waals surface area contributed by atoms with E-state index in [1.165, 1.54) is 28.4 Å². The van der Waals surface area contributed by atoms with Gasteiger partial charge in [0.2, 0.25) is 0 Å². The number of benzene rings is 2. The molecule has 2 aromatic rings. The number of nitrogens with one attached hydrogen (secondary N) is 1. The van der Waals surface area contributed by atoms with Gasteiger partial charge >= 0.3 is 11.9 Å². The van der Waals surface area contributed by atoms with Crippen LogP contribution in [0.25, 0.3) is 0 Å². The van der Waals surface area contributed by atoms with E-state index < -0.39 is 35.7 Å². The van der Waals surface area contributed by atoms with E-state index in [2.05, 4.69) is 37.9 Å². The van der Waals surface area contributed by atoms with E-state index in [1.807, 2.05) is 12.1 Å². The standard InChI is InChI=1S/C34H46N2O9/c1-33(2)17-21(18-34(3,4)35-33)36-28(19-11-13-22(40-5)24(15-19)42-7)26(31(38)44-9)30(37)27(32(39)45-10)29(36)20-12-14-23(41-6)25(16-20)43-8/h11-16,21,26,28-29,35,37H,17-18H2,1-10H3. The summed E-state index contributed by atoms with van der Waals surface area (Å²) in [6.07, 6.45) is 1.32. The second-order valence-corrected chi connectivity index (χ2v) is 12.8. The Kier molecular flexibility index (Phi) is 9.94. The van der Waals surface area contributed by atoms with Crippen molar-refractivity contribution in [3.05, 3.63) is 58.9 Å². The van der Waals surface area contributed by atoms with Gasteiger partial charge in [0.1, 0.15) is 11.7 Å². The number of nitrogens with zero attached hydrogens (tertiary/aromatic N) is 1. The van der Waals surface area contributed by atoms with Gasteiger partial charge in [-0.15, -0.1) is 0 Å². The van der Waals surface area contributed by atoms with Crippen LogP contribution in [-0.2, 0) is 19.1 Å². The molecule has 0 radical (unpaired) electrons. The summed E-state index contributed by atoms with van der Waals surface area (Å²) in [5.41, 5.74) is 0.629. The number of aliphatic hydroxyl groups excluding tert-OH is 1. The zero-order valence-electron chi connectivity index (χ0n) is 27.8. The summed E-state index contributed by atoms with van der Waals surface area (Å²) in [6.45, 7) is 8.53. The number of esters is 2. The second-order valence-electron chi connectivity index (χ2n) is 12.8. The number of carbonyl (C=O) groups is 2. The molecule has 1 fully saturated rings. The van der Waals surface area contributed by atoms with Crippen LogP contribution in [0.2, 0.25) is 0 Å². The number of ether oxygens (including phenoxy) is 6. The fourth-order valence-corrected chi connectivity index (χ4v) is 7.31. The summed E-state index contributed by atoms with van der Waals surface area (Å²) in [5.74, 6) is -1.23. The number of piperidine rings is 1. The first-order valence-corrected chi connectivity index (χ1v) is 14.9. The van der Waals surface area contributed by atoms with Crippen LogP contribution in [0, 0.1) is 5.92 Å². The summed E-state index contributed by atoms with van der Waals surface area (Å²) in [7, 11) is 8.68. The molecule has 11 heteroatoms. The van der Waals surface area contributed by atoms with E-state index in [9.17, 15) is 14.7 Å². The molecule has 4 rings (SSSR count). The van der Waals surface area contributed by atoms with E-state index >= 15 is 0 Å². The minimum Gasteiger partial charge on any atom is -0.511 e. The van der Waals surface area contributed by atoms with Gasteiger partial charge in [-0.1, -0.05) is 12.1 Å². The Morgan fingerprint density at radius 2 is 1.24 bits per heavy atom. The van der Waals surface area contributed by atoms with Crippen LogP contribution in [0.4, 0.5) is 0 Å². The SMILES string of the molecule is COC(=O)C1=C(O)C(C(=O)OC)C(c2ccc(OC)c(OC)c2)N(C2CC(C)(C)NC(C)(C)C2)C1c1ccc(OC)c(OC)c1. The molecule has 0 aliphatic carbocycles. The zero-order chi connectivity index (χ0) is 33.3. The van der Waals surface area contributed by atoms with Crippen LogP contribution in [0.3, 0.4) is 0 Å². The van der Waals surface area contributed by atoms with Crippen LogP contribution in [0.15, 0.2) is 47.7 Å². The van der Waals surface area contributed by atoms with Crippen molar-refractivity contribution >= 4 is 11.9 Å². The highest BCUT2D eigenvalue weighted by atomic mass is 16.5. The first kappa shape index (κ1) is 33.9. The maximum absolute atomic E-state index is 13.7. The smallest absolute Gasteiger partial charge is 0.339 e. The maximum Gasteiger partial charge on any atom is 0.339 e. The summed E-state index contributed by atoms with van der Waals surface area (Å²) < 4.78 is 32.9. The van der Waals surface area contributed by atoms with Gasteiger partial charge < -0.3 is 38.8 Å². The maximum atomic E-state index is 13.7. The van der Waals surface area contributed by atoms with Gasteiger partial charge in [-0.05, 0) is 75.9 Å². The number of rotatable bonds is 9. The Hall–Kier alpha value is -3.96. The van der Waals surface area contributed by atoms with Gasteiger partial charge in [-0.25, -0.2) is 4.79 Å². The highest BCUT2D eigenvalue weighted by Crippen LogP contribution is 2.53. The van der Waals surface area contributed by atoms with Crippen molar-refractivity contribution in [1.82, 2.24) is 10.2 Å². The molecule has 2 aliphatic heterocycles. The van der Waals surface area contributed by atoms with Crippen LogP contribution < -0.4 is 24.3 Å². The Morgan fingerprint density at radius 3 is 1.71 bits per heavy atom. The monoisotopic (exact) mass is 626 g/mol. The second kappa shape index (κ2) is 13.2. The molecule has 11 nitrogen and oxygen atoms in total. The molecule has 0 aromatic heterocycles. The van der Waals surface area contributed by atoms with Gasteiger partial charge in [-0.3, -0.25) is 9.69 Å². The molecule has 2 aromatic carbocycles. The lowest BCUT2D eigenvalue weighted by molar-refractivity contribution is -0.151. The Bertz CT molecular complexity index is 1440. The first-order valence-electron chi connectivity index (χ1n) is 14.9. The van der Waals surface area contributed by atoms with Gasteiger partial charge in [0.15, 0.2) is 23.0 Å². The van der Waals surface area contributed by atoms with Crippen molar-refractivity contribution in [2.45, 2.75) is 69.7 Å². The quantitative estimate of drug-likeness (QED) is 0.369. The highest BCUT2D eigenvalue weighted by molar-refractivity contribution is 5.93. The average Bonchev–Trinajstić information content (AvgIpc) is 3.01. The molecular weight excluding hydrogens is 580 g/mol. The predicted molar refractivity (Wildman–Crippen MR) is 168 cm³/mol. The third-order valence-electron chi connectivity index (χ3n) is 8.70. The number of hydrogen-bond donors (Lipinski definition) is 2. The molecular formula is C34H46N2O9. The zero-order valence-corrected chi connectivity index (χ0v) is 27.8. The summed E-state index contributed by atoms with van der Waals surface area (Å²) in [6, 6.07) is 8.92. The average molecular weight is 627 g/mol. The van der Waals surface area contributed by atoms with E-state index in [0.717, 1.165) is 0 Å². The fraction of sp³-hybridized carbons (Fsp3) is 0.529. The summed E-state index contributed by atoms with van der Waals surface area (Å²) >= 11 is 0. The molecule has 246 valence electrons. The van der Waals surface area contributed by atoms with E-state index in [-0.39, 0.29) is 22.7 Å². The van der Waals surface area contributed by atoms with Crippen LogP contribution in [-0.4, -0.2) is 81.7 Å². The van der Waals surface area contributed by atoms with Crippen molar-refractivity contribution in [2.75, 3.05) is 42.7 Å². The molecule has 2 N–H and O–H groups in total. The van der Waals surface area contributed by atoms with Gasteiger partial charge in [-0.2, -0.15) is 0 Å². The fourth-order valence-electron chi connectivity index (χ4n) is 7.31. The predicted octanol–water partition coefficient (Wildman–Crippen LogP) is 4.90. The molecule has 0 amide bonds. The third-order valence-corrected chi connectivity index (χ3v) is 8.70. The number of hydrogen-bond acceptors (Lipinski definition) is 11. The number of methoxy groups -OCH3 is 6. The van der Waals surface area contributed by atoms with Gasteiger partial charge in [0.05, 0.1) is 60.3 Å². The third kappa shape index (κ3) is 6.55. The minimum atomic E-state index is -1.26. The highest BCUT2D eigenvalue weighted by Gasteiger charge is 2.54. The van der Waals surface area contributed by atoms with Crippen molar-refractivity contribution in [2.24, 2.45) is 5.92 Å². The Balaban J connectivity index is 2.13. The molecule has 1 saturated heterocycles. The Morgan fingerprint density at radius 1 is 0.756 bits per heavy atom. The minimum absolute atomic E-state index is 0.0500. The van der Waals surface area contributed by atoms with Crippen molar-refractivity contribution in [3.63, 3.8) is 0 Å². The van der Waals surface area contributed by atoms with Gasteiger partial charge in [0, 0.05) is 17.1 Å². The van der Waals surface area contributed by atoms with Gasteiger partial charge in [0.25, 0.3) is 0 Å². The molecule has 3 atom stereocenters. The molecule has 0 bridgehead atoms. The molecule has 2 heterocycles. The first-order chi connectivity index (χ1) is 21.3. The summed E-state index contributed by atoms with van der Waals surface area (Å²) in [5, 5.41) is 15.7. The van der Waals surface area contributed by atoms with Crippen LogP contribution >= 0.6 is 0 Å². The largest absolute Gasteiger partial charge is 0.511 e. The molecule has 0 saturated carbocycles. The molecule has 3 unspecified atom stereocenters. The lowest BCUT2D eigenvalue weighted by Crippen LogP contribution is -2.64. The van der Waals surface area contributed by atoms with Crippen LogP contribution in [0.5, 0.6) is 23.0 Å². The number of aliphatic hydroxyl groups is 1. The van der Waals surface area contributed by atoms with Crippen molar-refractivity contribution in [1.29, 1.82) is 0 Å². The lowest BCUT2D eigenvalue weighted by Gasteiger charge is -2.55. The molecule has 45 heavy (non-hydrogen) atoms. The summed E-state index contributed by atoms with van der Waals surface area (Å²) in [4.78, 5) is 29.5. The van der Waals surface area contributed by atoms with E-state index in [1.54, 1.807) is 38.5 Å². The van der Waals surface area contributed by atoms with Crippen molar-refractivity contribution < 1.29 is 43.1 Å². The van der Waals surface area contributed by atoms with Crippen LogP contribution in [0.1, 0.15) is 63.7 Å². The lowest BCUT2D eigenvalue weighted by atomic mass is 9.73. The van der Waals surface area contributed by atoms with E-state index in [4.69, 9.17) is 28.4 Å². The normalized spacial score (nSPS) is 23.2. The molecule has 2 aliphatic rings. The Labute approximate surface area is 265 Å². The molecule has 0 spiro atoms.